The number of hydrogen-bond donors (Lipinski definition) is 1. The zero-order valence-electron chi connectivity index (χ0n) is 20.8. The molecule has 0 aromatic rings. The van der Waals surface area contributed by atoms with E-state index in [1.165, 1.54) is 83.5 Å². The van der Waals surface area contributed by atoms with Crippen LogP contribution in [-0.4, -0.2) is 11.7 Å². The lowest BCUT2D eigenvalue weighted by atomic mass is 9.50. The Morgan fingerprint density at radius 2 is 1.77 bits per heavy atom. The van der Waals surface area contributed by atoms with E-state index in [0.717, 1.165) is 23.7 Å². The van der Waals surface area contributed by atoms with Gasteiger partial charge >= 0.3 is 0 Å². The van der Waals surface area contributed by atoms with Crippen LogP contribution >= 0.6 is 0 Å². The summed E-state index contributed by atoms with van der Waals surface area (Å²) in [5.74, 6) is 4.79. The van der Waals surface area contributed by atoms with Gasteiger partial charge in [-0.2, -0.15) is 0 Å². The van der Waals surface area contributed by atoms with Gasteiger partial charge in [-0.05, 0) is 104 Å². The zero-order chi connectivity index (χ0) is 21.5. The van der Waals surface area contributed by atoms with Crippen molar-refractivity contribution < 1.29 is 5.11 Å². The quantitative estimate of drug-likeness (QED) is 0.416. The van der Waals surface area contributed by atoms with E-state index in [4.69, 9.17) is 0 Å². The monoisotopic (exact) mass is 414 g/mol. The summed E-state index contributed by atoms with van der Waals surface area (Å²) in [7, 11) is 0. The summed E-state index contributed by atoms with van der Waals surface area (Å²) >= 11 is 0. The molecular weight excluding hydrogens is 364 g/mol. The highest BCUT2D eigenvalue weighted by atomic mass is 16.3. The fourth-order valence-electron chi connectivity index (χ4n) is 9.19. The highest BCUT2D eigenvalue weighted by Gasteiger charge is 2.55. The average molecular weight is 415 g/mol. The third kappa shape index (κ3) is 3.74. The maximum atomic E-state index is 9.62. The Balaban J connectivity index is 1.48. The number of aliphatic hydroxyl groups excluding tert-OH is 1. The molecule has 0 radical (unpaired) electrons. The number of hydrogen-bond acceptors (Lipinski definition) is 1. The van der Waals surface area contributed by atoms with E-state index in [1.807, 2.05) is 11.1 Å². The molecule has 3 unspecified atom stereocenters. The molecule has 2 fully saturated rings. The van der Waals surface area contributed by atoms with Crippen molar-refractivity contribution in [3.8, 4) is 0 Å². The molecule has 0 saturated heterocycles. The molecule has 8 atom stereocenters. The number of aliphatic hydroxyl groups is 1. The highest BCUT2D eigenvalue weighted by molar-refractivity contribution is 5.34. The minimum absolute atomic E-state index is 0.354. The molecule has 1 N–H and O–H groups in total. The van der Waals surface area contributed by atoms with Gasteiger partial charge in [-0.1, -0.05) is 71.4 Å². The van der Waals surface area contributed by atoms with Crippen LogP contribution < -0.4 is 0 Å². The molecule has 172 valence electrons. The van der Waals surface area contributed by atoms with Crippen molar-refractivity contribution in [3.63, 3.8) is 0 Å². The third-order valence-electron chi connectivity index (χ3n) is 11.3. The molecule has 0 aromatic carbocycles. The van der Waals surface area contributed by atoms with Crippen LogP contribution in [0, 0.1) is 46.3 Å². The van der Waals surface area contributed by atoms with E-state index < -0.39 is 0 Å². The van der Waals surface area contributed by atoms with Gasteiger partial charge in [0.2, 0.25) is 0 Å². The van der Waals surface area contributed by atoms with Crippen LogP contribution in [0.5, 0.6) is 0 Å². The molecule has 1 nitrogen and oxygen atoms in total. The van der Waals surface area contributed by atoms with Gasteiger partial charge in [-0.15, -0.1) is 0 Å². The number of allylic oxidation sites excluding steroid dienone is 2. The van der Waals surface area contributed by atoms with E-state index in [1.54, 1.807) is 0 Å². The molecule has 0 amide bonds. The van der Waals surface area contributed by atoms with Gasteiger partial charge in [0.15, 0.2) is 0 Å². The van der Waals surface area contributed by atoms with Crippen molar-refractivity contribution in [2.45, 2.75) is 118 Å². The SMILES string of the molecule is CCC(CC[C@@H](C)[C@H]1CC[C@H]2C3=C(CC[C@]12C)[C@@]1(C)CCCCC1CC3)C(C)CO. The van der Waals surface area contributed by atoms with Crippen LogP contribution in [0.15, 0.2) is 11.1 Å². The Bertz CT molecular complexity index is 634. The van der Waals surface area contributed by atoms with Gasteiger partial charge in [0.1, 0.15) is 0 Å². The van der Waals surface area contributed by atoms with Crippen LogP contribution in [0.3, 0.4) is 0 Å². The minimum Gasteiger partial charge on any atom is -0.396 e. The van der Waals surface area contributed by atoms with Crippen LogP contribution in [-0.2, 0) is 0 Å². The summed E-state index contributed by atoms with van der Waals surface area (Å²) in [6, 6.07) is 0. The molecule has 0 spiro atoms. The summed E-state index contributed by atoms with van der Waals surface area (Å²) < 4.78 is 0. The molecule has 0 bridgehead atoms. The Morgan fingerprint density at radius 1 is 0.967 bits per heavy atom. The summed E-state index contributed by atoms with van der Waals surface area (Å²) in [5, 5.41) is 9.62. The summed E-state index contributed by atoms with van der Waals surface area (Å²) in [6.07, 6.45) is 18.5. The summed E-state index contributed by atoms with van der Waals surface area (Å²) in [5.41, 5.74) is 5.06. The highest BCUT2D eigenvalue weighted by Crippen LogP contribution is 2.66. The second-order valence-electron chi connectivity index (χ2n) is 12.5. The van der Waals surface area contributed by atoms with Crippen LogP contribution in [0.2, 0.25) is 0 Å². The summed E-state index contributed by atoms with van der Waals surface area (Å²) in [6.45, 7) is 12.8. The van der Waals surface area contributed by atoms with Gasteiger partial charge in [0.05, 0.1) is 0 Å². The van der Waals surface area contributed by atoms with Gasteiger partial charge in [-0.25, -0.2) is 0 Å². The molecular formula is C29H50O. The fraction of sp³-hybridized carbons (Fsp3) is 0.931. The third-order valence-corrected chi connectivity index (χ3v) is 11.3. The fourth-order valence-corrected chi connectivity index (χ4v) is 9.19. The van der Waals surface area contributed by atoms with Crippen LogP contribution in [0.25, 0.3) is 0 Å². The first-order valence-corrected chi connectivity index (χ1v) is 13.7. The lowest BCUT2D eigenvalue weighted by Gasteiger charge is -2.54. The van der Waals surface area contributed by atoms with Crippen molar-refractivity contribution in [1.29, 1.82) is 0 Å². The second kappa shape index (κ2) is 8.92. The van der Waals surface area contributed by atoms with E-state index in [0.29, 0.717) is 29.3 Å². The maximum absolute atomic E-state index is 9.62. The number of rotatable bonds is 7. The van der Waals surface area contributed by atoms with E-state index in [2.05, 4.69) is 34.6 Å². The molecule has 4 rings (SSSR count). The normalized spacial score (nSPS) is 41.6. The van der Waals surface area contributed by atoms with E-state index in [9.17, 15) is 5.11 Å². The van der Waals surface area contributed by atoms with Crippen molar-refractivity contribution >= 4 is 0 Å². The summed E-state index contributed by atoms with van der Waals surface area (Å²) in [4.78, 5) is 0. The molecule has 0 aromatic heterocycles. The first-order valence-electron chi connectivity index (χ1n) is 13.7. The molecule has 4 aliphatic carbocycles. The molecule has 2 saturated carbocycles. The average Bonchev–Trinajstić information content (AvgIpc) is 3.10. The second-order valence-corrected chi connectivity index (χ2v) is 12.5. The van der Waals surface area contributed by atoms with Crippen LogP contribution in [0.1, 0.15) is 118 Å². The Labute approximate surface area is 187 Å². The molecule has 0 heterocycles. The van der Waals surface area contributed by atoms with E-state index >= 15 is 0 Å². The van der Waals surface area contributed by atoms with Crippen molar-refractivity contribution in [2.24, 2.45) is 46.3 Å². The Kier molecular flexibility index (Phi) is 6.80. The predicted molar refractivity (Wildman–Crippen MR) is 128 cm³/mol. The Hall–Kier alpha value is -0.300. The Morgan fingerprint density at radius 3 is 2.50 bits per heavy atom. The lowest BCUT2D eigenvalue weighted by Crippen LogP contribution is -2.43. The van der Waals surface area contributed by atoms with E-state index in [-0.39, 0.29) is 0 Å². The standard InChI is InChI=1S/C29H50O/c1-6-22(21(3)19-30)11-10-20(2)25-14-15-26-24-13-12-23-9-7-8-17-28(23,4)27(24)16-18-29(25,26)5/h20-23,25-26,30H,6-19H2,1-5H3/t20-,21?,22?,23?,25-,26+,28+,29-/m1/s1. The predicted octanol–water partition coefficient (Wildman–Crippen LogP) is 8.17. The first kappa shape index (κ1) is 22.9. The zero-order valence-corrected chi connectivity index (χ0v) is 20.8. The first-order chi connectivity index (χ1) is 14.3. The lowest BCUT2D eigenvalue weighted by molar-refractivity contribution is 0.0638. The van der Waals surface area contributed by atoms with Crippen molar-refractivity contribution in [1.82, 2.24) is 0 Å². The maximum Gasteiger partial charge on any atom is 0.0459 e. The molecule has 1 heteroatoms. The smallest absolute Gasteiger partial charge is 0.0459 e. The van der Waals surface area contributed by atoms with Gasteiger partial charge in [0.25, 0.3) is 0 Å². The van der Waals surface area contributed by atoms with Gasteiger partial charge < -0.3 is 5.11 Å². The largest absolute Gasteiger partial charge is 0.396 e. The minimum atomic E-state index is 0.354. The molecule has 0 aliphatic heterocycles. The molecule has 4 aliphatic rings. The molecule has 30 heavy (non-hydrogen) atoms. The van der Waals surface area contributed by atoms with Crippen LogP contribution in [0.4, 0.5) is 0 Å². The van der Waals surface area contributed by atoms with Crippen molar-refractivity contribution in [3.05, 3.63) is 11.1 Å². The van der Waals surface area contributed by atoms with Gasteiger partial charge in [0, 0.05) is 6.61 Å². The topological polar surface area (TPSA) is 20.2 Å². The van der Waals surface area contributed by atoms with Crippen molar-refractivity contribution in [2.75, 3.05) is 6.61 Å². The number of fused-ring (bicyclic) bond motifs is 4. The van der Waals surface area contributed by atoms with Gasteiger partial charge in [-0.3, -0.25) is 0 Å².